The van der Waals surface area contributed by atoms with Gasteiger partial charge in [-0.25, -0.2) is 0 Å². The van der Waals surface area contributed by atoms with Crippen LogP contribution in [0.4, 0.5) is 5.69 Å². The maximum atomic E-state index is 10.1. The Hall–Kier alpha value is -1.16. The van der Waals surface area contributed by atoms with Crippen LogP contribution in [0.2, 0.25) is 0 Å². The highest BCUT2D eigenvalue weighted by molar-refractivity contribution is 7.80. The van der Waals surface area contributed by atoms with Crippen molar-refractivity contribution >= 4 is 18.3 Å². The van der Waals surface area contributed by atoms with Crippen molar-refractivity contribution < 1.29 is 4.92 Å². The molecule has 10 heavy (non-hydrogen) atoms. The Bertz CT molecular complexity index is 262. The second kappa shape index (κ2) is 2.62. The van der Waals surface area contributed by atoms with Crippen LogP contribution in [-0.4, -0.2) is 4.92 Å². The SMILES string of the molecule is O=[N+]([O-])c1cccc([S])c1. The molecular formula is C6H4NO2S. The number of rotatable bonds is 1. The van der Waals surface area contributed by atoms with Gasteiger partial charge in [0.2, 0.25) is 0 Å². The summed E-state index contributed by atoms with van der Waals surface area (Å²) < 4.78 is 0. The van der Waals surface area contributed by atoms with Gasteiger partial charge in [-0.1, -0.05) is 18.7 Å². The summed E-state index contributed by atoms with van der Waals surface area (Å²) in [5.41, 5.74) is 0.0486. The van der Waals surface area contributed by atoms with Crippen molar-refractivity contribution in [2.24, 2.45) is 0 Å². The van der Waals surface area contributed by atoms with E-state index in [0.29, 0.717) is 4.90 Å². The first-order valence-corrected chi connectivity index (χ1v) is 3.02. The molecule has 0 heterocycles. The number of hydrogen-bond acceptors (Lipinski definition) is 2. The molecule has 0 saturated heterocycles. The first-order chi connectivity index (χ1) is 4.70. The summed E-state index contributed by atoms with van der Waals surface area (Å²) in [6, 6.07) is 5.98. The number of benzene rings is 1. The van der Waals surface area contributed by atoms with E-state index in [1.54, 1.807) is 12.1 Å². The van der Waals surface area contributed by atoms with Crippen molar-refractivity contribution in [2.45, 2.75) is 4.90 Å². The predicted octanol–water partition coefficient (Wildman–Crippen LogP) is 2.15. The Morgan fingerprint density at radius 2 is 2.20 bits per heavy atom. The van der Waals surface area contributed by atoms with Gasteiger partial charge in [-0.15, -0.1) is 0 Å². The summed E-state index contributed by atoms with van der Waals surface area (Å²) in [5, 5.41) is 10.1. The molecule has 0 N–H and O–H groups in total. The molecule has 0 aliphatic heterocycles. The van der Waals surface area contributed by atoms with Crippen LogP contribution in [0.3, 0.4) is 0 Å². The van der Waals surface area contributed by atoms with Crippen molar-refractivity contribution in [2.75, 3.05) is 0 Å². The maximum Gasteiger partial charge on any atom is 0.270 e. The van der Waals surface area contributed by atoms with Gasteiger partial charge in [-0.2, -0.15) is 0 Å². The van der Waals surface area contributed by atoms with Crippen LogP contribution in [0, 0.1) is 10.1 Å². The van der Waals surface area contributed by atoms with Gasteiger partial charge in [0.25, 0.3) is 5.69 Å². The van der Waals surface area contributed by atoms with E-state index in [4.69, 9.17) is 12.6 Å². The molecule has 1 aromatic rings. The summed E-state index contributed by atoms with van der Waals surface area (Å²) >= 11 is 4.71. The summed E-state index contributed by atoms with van der Waals surface area (Å²) in [6.07, 6.45) is 0. The summed E-state index contributed by atoms with van der Waals surface area (Å²) in [5.74, 6) is 0. The van der Waals surface area contributed by atoms with Crippen molar-refractivity contribution in [1.82, 2.24) is 0 Å². The van der Waals surface area contributed by atoms with E-state index in [1.165, 1.54) is 12.1 Å². The lowest BCUT2D eigenvalue weighted by Crippen LogP contribution is -1.85. The molecule has 4 heteroatoms. The lowest BCUT2D eigenvalue weighted by atomic mass is 10.3. The quantitative estimate of drug-likeness (QED) is 0.459. The van der Waals surface area contributed by atoms with E-state index in [2.05, 4.69) is 0 Å². The molecule has 51 valence electrons. The normalized spacial score (nSPS) is 9.20. The number of nitrogens with zero attached hydrogens (tertiary/aromatic N) is 1. The molecule has 0 saturated carbocycles. The zero-order valence-electron chi connectivity index (χ0n) is 4.98. The summed E-state index contributed by atoms with van der Waals surface area (Å²) in [4.78, 5) is 10.1. The predicted molar refractivity (Wildman–Crippen MR) is 39.0 cm³/mol. The first kappa shape index (κ1) is 6.95. The molecule has 0 atom stereocenters. The maximum absolute atomic E-state index is 10.1. The summed E-state index contributed by atoms with van der Waals surface area (Å²) in [7, 11) is 0. The van der Waals surface area contributed by atoms with Gasteiger partial charge in [0, 0.05) is 17.0 Å². The van der Waals surface area contributed by atoms with Gasteiger partial charge in [-0.05, 0) is 6.07 Å². The lowest BCUT2D eigenvalue weighted by molar-refractivity contribution is -0.385. The fourth-order valence-corrected chi connectivity index (χ4v) is 0.796. The minimum absolute atomic E-state index is 0.0486. The van der Waals surface area contributed by atoms with Crippen molar-refractivity contribution in [3.8, 4) is 0 Å². The van der Waals surface area contributed by atoms with Crippen LogP contribution in [0.25, 0.3) is 0 Å². The van der Waals surface area contributed by atoms with Crippen molar-refractivity contribution in [1.29, 1.82) is 0 Å². The van der Waals surface area contributed by atoms with Gasteiger partial charge >= 0.3 is 0 Å². The molecule has 0 spiro atoms. The minimum atomic E-state index is -0.462. The number of non-ortho nitro benzene ring substituents is 1. The average Bonchev–Trinajstić information content (AvgIpc) is 1.88. The zero-order valence-corrected chi connectivity index (χ0v) is 5.80. The Morgan fingerprint density at radius 3 is 2.60 bits per heavy atom. The highest BCUT2D eigenvalue weighted by atomic mass is 32.1. The average molecular weight is 154 g/mol. The highest BCUT2D eigenvalue weighted by Crippen LogP contribution is 2.14. The molecule has 0 fully saturated rings. The van der Waals surface area contributed by atoms with Gasteiger partial charge < -0.3 is 0 Å². The lowest BCUT2D eigenvalue weighted by Gasteiger charge is -1.89. The smallest absolute Gasteiger partial charge is 0.258 e. The third-order valence-corrected chi connectivity index (χ3v) is 1.28. The van der Waals surface area contributed by atoms with E-state index in [1.807, 2.05) is 0 Å². The van der Waals surface area contributed by atoms with Crippen LogP contribution >= 0.6 is 12.6 Å². The number of nitro groups is 1. The van der Waals surface area contributed by atoms with Gasteiger partial charge in [-0.3, -0.25) is 10.1 Å². The van der Waals surface area contributed by atoms with Crippen LogP contribution in [0.5, 0.6) is 0 Å². The van der Waals surface area contributed by atoms with Crippen LogP contribution in [-0.2, 0) is 0 Å². The third kappa shape index (κ3) is 1.41. The van der Waals surface area contributed by atoms with Crippen molar-refractivity contribution in [3.05, 3.63) is 34.4 Å². The van der Waals surface area contributed by atoms with Gasteiger partial charge in [0.15, 0.2) is 0 Å². The van der Waals surface area contributed by atoms with Crippen LogP contribution in [0.1, 0.15) is 0 Å². The van der Waals surface area contributed by atoms with Crippen molar-refractivity contribution in [3.63, 3.8) is 0 Å². The van der Waals surface area contributed by atoms with E-state index in [-0.39, 0.29) is 5.69 Å². The zero-order chi connectivity index (χ0) is 7.56. The standard InChI is InChI=1S/C6H4NO2S/c8-7(9)5-2-1-3-6(10)4-5/h1-4H. The summed E-state index contributed by atoms with van der Waals surface area (Å²) in [6.45, 7) is 0. The Morgan fingerprint density at radius 1 is 1.50 bits per heavy atom. The van der Waals surface area contributed by atoms with E-state index in [0.717, 1.165) is 0 Å². The fraction of sp³-hybridized carbons (Fsp3) is 0. The number of nitro benzene ring substituents is 1. The molecule has 1 rings (SSSR count). The third-order valence-electron chi connectivity index (χ3n) is 1.03. The molecular weight excluding hydrogens is 150 g/mol. The van der Waals surface area contributed by atoms with E-state index < -0.39 is 4.92 Å². The second-order valence-electron chi connectivity index (χ2n) is 1.75. The van der Waals surface area contributed by atoms with E-state index in [9.17, 15) is 10.1 Å². The molecule has 0 aliphatic rings. The molecule has 0 aliphatic carbocycles. The van der Waals surface area contributed by atoms with Gasteiger partial charge in [0.1, 0.15) is 0 Å². The van der Waals surface area contributed by atoms with E-state index >= 15 is 0 Å². The molecule has 3 nitrogen and oxygen atoms in total. The molecule has 1 radical (unpaired) electrons. The minimum Gasteiger partial charge on any atom is -0.258 e. The largest absolute Gasteiger partial charge is 0.270 e. The Labute approximate surface area is 63.2 Å². The topological polar surface area (TPSA) is 43.1 Å². The molecule has 0 amide bonds. The Balaban J connectivity index is 3.07. The van der Waals surface area contributed by atoms with Gasteiger partial charge in [0.05, 0.1) is 4.92 Å². The molecule has 0 unspecified atom stereocenters. The van der Waals surface area contributed by atoms with Crippen LogP contribution in [0.15, 0.2) is 29.2 Å². The molecule has 0 bridgehead atoms. The monoisotopic (exact) mass is 154 g/mol. The van der Waals surface area contributed by atoms with Crippen LogP contribution < -0.4 is 0 Å². The molecule has 1 aromatic carbocycles. The first-order valence-electron chi connectivity index (χ1n) is 2.61. The highest BCUT2D eigenvalue weighted by Gasteiger charge is 2.02. The molecule has 0 aromatic heterocycles. The second-order valence-corrected chi connectivity index (χ2v) is 2.23. The fourth-order valence-electron chi connectivity index (χ4n) is 0.597. The Kier molecular flexibility index (Phi) is 1.82. The number of hydrogen-bond donors (Lipinski definition) is 0.